The molecule has 0 spiro atoms. The number of anilines is 1. The predicted octanol–water partition coefficient (Wildman–Crippen LogP) is 4.19. The summed E-state index contributed by atoms with van der Waals surface area (Å²) in [5.41, 5.74) is 4.46. The summed E-state index contributed by atoms with van der Waals surface area (Å²) in [6.45, 7) is 5.46. The van der Waals surface area contributed by atoms with E-state index in [2.05, 4.69) is 51.5 Å². The third-order valence-electron chi connectivity index (χ3n) is 6.76. The van der Waals surface area contributed by atoms with Crippen LogP contribution in [0.15, 0.2) is 85.1 Å². The molecule has 8 heteroatoms. The van der Waals surface area contributed by atoms with Crippen LogP contribution in [0.1, 0.15) is 11.1 Å². The van der Waals surface area contributed by atoms with E-state index >= 15 is 0 Å². The van der Waals surface area contributed by atoms with E-state index in [0.717, 1.165) is 49.2 Å². The average molecular weight is 484 g/mol. The number of fused-ring (bicyclic) bond motifs is 1. The number of amides is 1. The lowest BCUT2D eigenvalue weighted by molar-refractivity contribution is -0.384. The largest absolute Gasteiger partial charge is 0.369 e. The van der Waals surface area contributed by atoms with Crippen molar-refractivity contribution < 1.29 is 9.72 Å². The van der Waals surface area contributed by atoms with Crippen LogP contribution >= 0.6 is 0 Å². The first kappa shape index (κ1) is 23.6. The molecule has 184 valence electrons. The Kier molecular flexibility index (Phi) is 6.95. The molecule has 1 aromatic heterocycles. The third-order valence-corrected chi connectivity index (χ3v) is 6.76. The molecule has 1 aliphatic heterocycles. The maximum absolute atomic E-state index is 12.7. The Balaban J connectivity index is 1.16. The first-order valence-electron chi connectivity index (χ1n) is 12.2. The Morgan fingerprint density at radius 2 is 1.61 bits per heavy atom. The van der Waals surface area contributed by atoms with Gasteiger partial charge in [0.2, 0.25) is 5.91 Å². The van der Waals surface area contributed by atoms with Crippen molar-refractivity contribution >= 4 is 28.2 Å². The van der Waals surface area contributed by atoms with Crippen LogP contribution in [0.4, 0.5) is 11.4 Å². The standard InChI is InChI=1S/C28H29N5O3/c34-28(21-32-13-12-22-18-26(33(35)36)10-11-27(22)32)29-19-23-6-4-5-7-24(23)20-30-14-16-31(17-15-30)25-8-2-1-3-9-25/h1-13,18H,14-17,19-21H2,(H,29,34). The minimum Gasteiger partial charge on any atom is -0.369 e. The zero-order valence-electron chi connectivity index (χ0n) is 20.0. The first-order chi connectivity index (χ1) is 17.6. The molecule has 0 aliphatic carbocycles. The summed E-state index contributed by atoms with van der Waals surface area (Å²) in [4.78, 5) is 28.2. The Morgan fingerprint density at radius 1 is 0.889 bits per heavy atom. The molecular weight excluding hydrogens is 454 g/mol. The number of aromatic nitrogens is 1. The highest BCUT2D eigenvalue weighted by molar-refractivity contribution is 5.85. The highest BCUT2D eigenvalue weighted by Gasteiger charge is 2.18. The fourth-order valence-electron chi connectivity index (χ4n) is 4.77. The van der Waals surface area contributed by atoms with Crippen LogP contribution in [0.3, 0.4) is 0 Å². The van der Waals surface area contributed by atoms with Crippen molar-refractivity contribution in [2.75, 3.05) is 31.1 Å². The number of non-ortho nitro benzene ring substituents is 1. The molecule has 0 atom stereocenters. The van der Waals surface area contributed by atoms with Gasteiger partial charge in [-0.05, 0) is 35.4 Å². The van der Waals surface area contributed by atoms with E-state index in [4.69, 9.17) is 0 Å². The van der Waals surface area contributed by atoms with Crippen molar-refractivity contribution in [3.05, 3.63) is 106 Å². The number of carbonyl (C=O) groups is 1. The fourth-order valence-corrected chi connectivity index (χ4v) is 4.77. The number of rotatable bonds is 8. The molecule has 5 rings (SSSR count). The van der Waals surface area contributed by atoms with Crippen LogP contribution in [0, 0.1) is 10.1 Å². The quantitative estimate of drug-likeness (QED) is 0.300. The Bertz CT molecular complexity index is 1360. The molecule has 3 aromatic carbocycles. The van der Waals surface area contributed by atoms with Gasteiger partial charge < -0.3 is 14.8 Å². The average Bonchev–Trinajstić information content (AvgIpc) is 3.31. The van der Waals surface area contributed by atoms with E-state index in [1.165, 1.54) is 23.4 Å². The molecular formula is C28H29N5O3. The lowest BCUT2D eigenvalue weighted by Crippen LogP contribution is -2.46. The van der Waals surface area contributed by atoms with Gasteiger partial charge in [-0.2, -0.15) is 0 Å². The van der Waals surface area contributed by atoms with Gasteiger partial charge >= 0.3 is 0 Å². The molecule has 0 unspecified atom stereocenters. The Hall–Kier alpha value is -4.17. The molecule has 1 amide bonds. The number of carbonyl (C=O) groups excluding carboxylic acids is 1. The van der Waals surface area contributed by atoms with Gasteiger partial charge in [-0.15, -0.1) is 0 Å². The Labute approximate surface area is 209 Å². The molecule has 1 saturated heterocycles. The number of nitrogens with one attached hydrogen (secondary N) is 1. The van der Waals surface area contributed by atoms with E-state index in [0.29, 0.717) is 6.54 Å². The van der Waals surface area contributed by atoms with Gasteiger partial charge in [0.1, 0.15) is 6.54 Å². The number of hydrogen-bond acceptors (Lipinski definition) is 5. The molecule has 0 saturated carbocycles. The second kappa shape index (κ2) is 10.6. The molecule has 0 radical (unpaired) electrons. The summed E-state index contributed by atoms with van der Waals surface area (Å²) >= 11 is 0. The number of benzene rings is 3. The van der Waals surface area contributed by atoms with E-state index < -0.39 is 4.92 Å². The number of nitrogens with zero attached hydrogens (tertiary/aromatic N) is 4. The van der Waals surface area contributed by atoms with E-state index in [9.17, 15) is 14.9 Å². The van der Waals surface area contributed by atoms with Crippen LogP contribution in [0.25, 0.3) is 10.9 Å². The van der Waals surface area contributed by atoms with Crippen LogP contribution in [0.5, 0.6) is 0 Å². The van der Waals surface area contributed by atoms with Crippen molar-refractivity contribution in [2.24, 2.45) is 0 Å². The second-order valence-electron chi connectivity index (χ2n) is 9.09. The van der Waals surface area contributed by atoms with Gasteiger partial charge in [0.15, 0.2) is 0 Å². The van der Waals surface area contributed by atoms with Crippen LogP contribution in [-0.4, -0.2) is 46.5 Å². The highest BCUT2D eigenvalue weighted by Crippen LogP contribution is 2.22. The van der Waals surface area contributed by atoms with E-state index in [1.54, 1.807) is 18.3 Å². The first-order valence-corrected chi connectivity index (χ1v) is 12.2. The minimum absolute atomic E-state index is 0.0442. The molecule has 1 aliphatic rings. The minimum atomic E-state index is -0.413. The SMILES string of the molecule is O=C(Cn1ccc2cc([N+](=O)[O-])ccc21)NCc1ccccc1CN1CCN(c2ccccc2)CC1. The number of para-hydroxylation sites is 1. The number of nitro benzene ring substituents is 1. The van der Waals surface area contributed by atoms with Crippen molar-refractivity contribution in [3.8, 4) is 0 Å². The van der Waals surface area contributed by atoms with Gasteiger partial charge in [-0.1, -0.05) is 42.5 Å². The van der Waals surface area contributed by atoms with Crippen LogP contribution < -0.4 is 10.2 Å². The maximum Gasteiger partial charge on any atom is 0.270 e. The van der Waals surface area contributed by atoms with E-state index in [1.807, 2.05) is 22.8 Å². The molecule has 1 fully saturated rings. The molecule has 2 heterocycles. The lowest BCUT2D eigenvalue weighted by atomic mass is 10.1. The summed E-state index contributed by atoms with van der Waals surface area (Å²) in [6.07, 6.45) is 1.79. The highest BCUT2D eigenvalue weighted by atomic mass is 16.6. The summed E-state index contributed by atoms with van der Waals surface area (Å²) in [5, 5.41) is 14.8. The monoisotopic (exact) mass is 483 g/mol. The lowest BCUT2D eigenvalue weighted by Gasteiger charge is -2.36. The van der Waals surface area contributed by atoms with Gasteiger partial charge in [0.05, 0.1) is 4.92 Å². The molecule has 1 N–H and O–H groups in total. The van der Waals surface area contributed by atoms with Gasteiger partial charge in [0.25, 0.3) is 5.69 Å². The number of hydrogen-bond donors (Lipinski definition) is 1. The second-order valence-corrected chi connectivity index (χ2v) is 9.09. The summed E-state index contributed by atoms with van der Waals surface area (Å²) in [6, 6.07) is 25.3. The summed E-state index contributed by atoms with van der Waals surface area (Å²) < 4.78 is 1.81. The van der Waals surface area contributed by atoms with Gasteiger partial charge in [0, 0.05) is 74.2 Å². The predicted molar refractivity (Wildman–Crippen MR) is 141 cm³/mol. The van der Waals surface area contributed by atoms with Crippen LogP contribution in [-0.2, 0) is 24.4 Å². The van der Waals surface area contributed by atoms with Gasteiger partial charge in [-0.25, -0.2) is 0 Å². The van der Waals surface area contributed by atoms with Crippen molar-refractivity contribution in [1.29, 1.82) is 0 Å². The molecule has 0 bridgehead atoms. The number of piperazine rings is 1. The molecule has 4 aromatic rings. The molecule has 36 heavy (non-hydrogen) atoms. The van der Waals surface area contributed by atoms with Crippen LogP contribution in [0.2, 0.25) is 0 Å². The van der Waals surface area contributed by atoms with Crippen molar-refractivity contribution in [1.82, 2.24) is 14.8 Å². The topological polar surface area (TPSA) is 83.6 Å². The summed E-state index contributed by atoms with van der Waals surface area (Å²) in [5.74, 6) is -0.0999. The normalized spacial score (nSPS) is 14.2. The van der Waals surface area contributed by atoms with Gasteiger partial charge in [-0.3, -0.25) is 19.8 Å². The molecule has 8 nitrogen and oxygen atoms in total. The number of nitro groups is 1. The van der Waals surface area contributed by atoms with Crippen molar-refractivity contribution in [3.63, 3.8) is 0 Å². The summed E-state index contributed by atoms with van der Waals surface area (Å²) in [7, 11) is 0. The van der Waals surface area contributed by atoms with E-state index in [-0.39, 0.29) is 18.1 Å². The van der Waals surface area contributed by atoms with Crippen molar-refractivity contribution in [2.45, 2.75) is 19.6 Å². The maximum atomic E-state index is 12.7. The zero-order chi connectivity index (χ0) is 24.9. The Morgan fingerprint density at radius 3 is 2.36 bits per heavy atom. The third kappa shape index (κ3) is 5.39. The smallest absolute Gasteiger partial charge is 0.270 e. The fraction of sp³-hybridized carbons (Fsp3) is 0.250. The zero-order valence-corrected chi connectivity index (χ0v) is 20.0.